The van der Waals surface area contributed by atoms with Gasteiger partial charge in [0, 0.05) is 18.7 Å². The smallest absolute Gasteiger partial charge is 0.164 e. The van der Waals surface area contributed by atoms with Crippen molar-refractivity contribution in [2.45, 2.75) is 26.6 Å². The molecule has 0 saturated carbocycles. The fourth-order valence-electron chi connectivity index (χ4n) is 1.79. The molecule has 2 aromatic rings. The van der Waals surface area contributed by atoms with Gasteiger partial charge in [-0.25, -0.2) is 9.67 Å². The Morgan fingerprint density at radius 3 is 2.89 bits per heavy atom. The number of nitrogens with zero attached hydrogens (tertiary/aromatic N) is 3. The average Bonchev–Trinajstić information content (AvgIpc) is 2.92. The number of hydrogen-bond acceptors (Lipinski definition) is 5. The number of ether oxygens (including phenoxy) is 2. The Kier molecular flexibility index (Phi) is 4.35. The Morgan fingerprint density at radius 1 is 1.37 bits per heavy atom. The molecule has 0 bridgehead atoms. The van der Waals surface area contributed by atoms with Crippen LogP contribution in [0.5, 0.6) is 11.5 Å². The van der Waals surface area contributed by atoms with Gasteiger partial charge >= 0.3 is 0 Å². The zero-order chi connectivity index (χ0) is 13.7. The van der Waals surface area contributed by atoms with Crippen molar-refractivity contribution >= 4 is 0 Å². The monoisotopic (exact) mass is 262 g/mol. The summed E-state index contributed by atoms with van der Waals surface area (Å²) in [6, 6.07) is 5.58. The summed E-state index contributed by atoms with van der Waals surface area (Å²) in [6.07, 6.45) is 1.53. The fraction of sp³-hybridized carbons (Fsp3) is 0.385. The molecule has 102 valence electrons. The van der Waals surface area contributed by atoms with Crippen molar-refractivity contribution in [1.82, 2.24) is 14.8 Å². The minimum Gasteiger partial charge on any atom is -0.497 e. The van der Waals surface area contributed by atoms with E-state index in [4.69, 9.17) is 15.2 Å². The molecule has 0 aliphatic heterocycles. The summed E-state index contributed by atoms with van der Waals surface area (Å²) >= 11 is 0. The highest BCUT2D eigenvalue weighted by molar-refractivity contribution is 5.40. The highest BCUT2D eigenvalue weighted by Crippen LogP contribution is 2.24. The average molecular weight is 262 g/mol. The second-order valence-corrected chi connectivity index (χ2v) is 3.96. The van der Waals surface area contributed by atoms with Crippen LogP contribution in [0.1, 0.15) is 18.3 Å². The van der Waals surface area contributed by atoms with Crippen molar-refractivity contribution in [2.24, 2.45) is 5.73 Å². The van der Waals surface area contributed by atoms with Crippen LogP contribution in [0.3, 0.4) is 0 Å². The van der Waals surface area contributed by atoms with Gasteiger partial charge in [-0.3, -0.25) is 0 Å². The van der Waals surface area contributed by atoms with Crippen LogP contribution in [-0.4, -0.2) is 21.9 Å². The summed E-state index contributed by atoms with van der Waals surface area (Å²) in [7, 11) is 1.62. The number of nitrogens with two attached hydrogens (primary N) is 1. The highest BCUT2D eigenvalue weighted by atomic mass is 16.5. The van der Waals surface area contributed by atoms with Crippen molar-refractivity contribution in [3.63, 3.8) is 0 Å². The summed E-state index contributed by atoms with van der Waals surface area (Å²) in [4.78, 5) is 4.16. The molecular formula is C13H18N4O2. The van der Waals surface area contributed by atoms with Gasteiger partial charge < -0.3 is 15.2 Å². The number of rotatable bonds is 6. The third kappa shape index (κ3) is 3.03. The van der Waals surface area contributed by atoms with Crippen LogP contribution in [0.4, 0.5) is 0 Å². The summed E-state index contributed by atoms with van der Waals surface area (Å²) in [5.41, 5.74) is 6.62. The molecule has 1 aromatic heterocycles. The topological polar surface area (TPSA) is 75.2 Å². The molecule has 19 heavy (non-hydrogen) atoms. The number of aromatic nitrogens is 3. The molecule has 0 aliphatic carbocycles. The number of aryl methyl sites for hydroxylation is 1. The van der Waals surface area contributed by atoms with Crippen LogP contribution in [0, 0.1) is 0 Å². The molecule has 0 fully saturated rings. The largest absolute Gasteiger partial charge is 0.497 e. The Hall–Kier alpha value is -2.08. The van der Waals surface area contributed by atoms with Gasteiger partial charge in [-0.05, 0) is 25.1 Å². The minimum absolute atomic E-state index is 0.368. The Morgan fingerprint density at radius 2 is 2.21 bits per heavy atom. The quantitative estimate of drug-likeness (QED) is 0.850. The molecule has 0 atom stereocenters. The van der Waals surface area contributed by atoms with E-state index in [-0.39, 0.29) is 0 Å². The second-order valence-electron chi connectivity index (χ2n) is 3.96. The lowest BCUT2D eigenvalue weighted by atomic mass is 10.2. The van der Waals surface area contributed by atoms with E-state index in [0.29, 0.717) is 13.2 Å². The Balaban J connectivity index is 2.11. The second kappa shape index (κ2) is 6.19. The predicted molar refractivity (Wildman–Crippen MR) is 70.9 cm³/mol. The van der Waals surface area contributed by atoms with Crippen LogP contribution in [0.2, 0.25) is 0 Å². The van der Waals surface area contributed by atoms with Crippen LogP contribution in [-0.2, 0) is 19.7 Å². The third-order valence-corrected chi connectivity index (χ3v) is 2.84. The first-order valence-electron chi connectivity index (χ1n) is 6.15. The maximum atomic E-state index is 5.76. The first-order valence-corrected chi connectivity index (χ1v) is 6.15. The third-order valence-electron chi connectivity index (χ3n) is 2.84. The maximum Gasteiger partial charge on any atom is 0.164 e. The van der Waals surface area contributed by atoms with E-state index in [1.54, 1.807) is 11.8 Å². The number of methoxy groups -OCH3 is 1. The molecule has 0 spiro atoms. The summed E-state index contributed by atoms with van der Waals surface area (Å²) in [5, 5.41) is 4.10. The van der Waals surface area contributed by atoms with Gasteiger partial charge in [-0.15, -0.1) is 0 Å². The molecule has 6 heteroatoms. The van der Waals surface area contributed by atoms with E-state index in [1.165, 1.54) is 6.33 Å². The molecule has 0 saturated heterocycles. The number of hydrogen-bond donors (Lipinski definition) is 1. The molecule has 0 radical (unpaired) electrons. The van der Waals surface area contributed by atoms with E-state index in [2.05, 4.69) is 10.1 Å². The fourth-order valence-corrected chi connectivity index (χ4v) is 1.79. The van der Waals surface area contributed by atoms with Gasteiger partial charge in [0.1, 0.15) is 24.4 Å². The van der Waals surface area contributed by atoms with Crippen molar-refractivity contribution in [1.29, 1.82) is 0 Å². The lowest BCUT2D eigenvalue weighted by Crippen LogP contribution is -2.09. The summed E-state index contributed by atoms with van der Waals surface area (Å²) < 4.78 is 12.7. The molecule has 1 aromatic carbocycles. The van der Waals surface area contributed by atoms with Crippen LogP contribution in [0.25, 0.3) is 0 Å². The molecule has 1 heterocycles. The van der Waals surface area contributed by atoms with Crippen LogP contribution in [0.15, 0.2) is 24.5 Å². The Labute approximate surface area is 112 Å². The summed E-state index contributed by atoms with van der Waals surface area (Å²) in [5.74, 6) is 2.31. The normalized spacial score (nSPS) is 10.5. The molecule has 2 N–H and O–H groups in total. The van der Waals surface area contributed by atoms with Gasteiger partial charge in [0.25, 0.3) is 0 Å². The van der Waals surface area contributed by atoms with Crippen molar-refractivity contribution in [2.75, 3.05) is 7.11 Å². The summed E-state index contributed by atoms with van der Waals surface area (Å²) in [6.45, 7) is 3.54. The first-order chi connectivity index (χ1) is 9.28. The highest BCUT2D eigenvalue weighted by Gasteiger charge is 2.07. The van der Waals surface area contributed by atoms with Gasteiger partial charge in [-0.2, -0.15) is 5.10 Å². The van der Waals surface area contributed by atoms with Gasteiger partial charge in [-0.1, -0.05) is 0 Å². The molecule has 0 unspecified atom stereocenters. The van der Waals surface area contributed by atoms with E-state index >= 15 is 0 Å². The van der Waals surface area contributed by atoms with Crippen LogP contribution < -0.4 is 15.2 Å². The molecular weight excluding hydrogens is 244 g/mol. The molecule has 6 nitrogen and oxygen atoms in total. The zero-order valence-corrected chi connectivity index (χ0v) is 11.2. The zero-order valence-electron chi connectivity index (χ0n) is 11.2. The standard InChI is InChI=1S/C13H18N4O2/c1-3-17-13(15-9-16-17)8-19-12-5-4-11(18-2)6-10(12)7-14/h4-6,9H,3,7-8,14H2,1-2H3. The van der Waals surface area contributed by atoms with Crippen LogP contribution >= 0.6 is 0 Å². The molecule has 0 aliphatic rings. The molecule has 0 amide bonds. The van der Waals surface area contributed by atoms with E-state index in [1.807, 2.05) is 25.1 Å². The van der Waals surface area contributed by atoms with E-state index in [0.717, 1.165) is 29.4 Å². The van der Waals surface area contributed by atoms with Gasteiger partial charge in [0.05, 0.1) is 7.11 Å². The van der Waals surface area contributed by atoms with E-state index < -0.39 is 0 Å². The minimum atomic E-state index is 0.368. The van der Waals surface area contributed by atoms with E-state index in [9.17, 15) is 0 Å². The lowest BCUT2D eigenvalue weighted by molar-refractivity contribution is 0.284. The van der Waals surface area contributed by atoms with Crippen molar-refractivity contribution < 1.29 is 9.47 Å². The first kappa shape index (κ1) is 13.4. The van der Waals surface area contributed by atoms with Gasteiger partial charge in [0.2, 0.25) is 0 Å². The maximum absolute atomic E-state index is 5.76. The lowest BCUT2D eigenvalue weighted by Gasteiger charge is -2.11. The SMILES string of the molecule is CCn1ncnc1COc1ccc(OC)cc1CN. The number of benzene rings is 1. The van der Waals surface area contributed by atoms with Gasteiger partial charge in [0.15, 0.2) is 5.82 Å². The Bertz CT molecular complexity index is 539. The van der Waals surface area contributed by atoms with Crippen molar-refractivity contribution in [3.8, 4) is 11.5 Å². The predicted octanol–water partition coefficient (Wildman–Crippen LogP) is 1.34. The van der Waals surface area contributed by atoms with Crippen molar-refractivity contribution in [3.05, 3.63) is 35.9 Å². The molecule has 2 rings (SSSR count).